The van der Waals surface area contributed by atoms with Gasteiger partial charge in [-0.1, -0.05) is 11.2 Å². The van der Waals surface area contributed by atoms with Gasteiger partial charge in [0.15, 0.2) is 0 Å². The first-order valence-electron chi connectivity index (χ1n) is 9.79. The summed E-state index contributed by atoms with van der Waals surface area (Å²) in [6, 6.07) is 10.8. The van der Waals surface area contributed by atoms with E-state index in [0.717, 1.165) is 17.1 Å². The van der Waals surface area contributed by atoms with Crippen LogP contribution in [0.2, 0.25) is 0 Å². The SMILES string of the molecule is FC(F)(F)Oc1ccc(-c2noc([C@@H]3Cc4nc[nH]c4CN3Cc3ccccn3)n2)cc1. The molecule has 1 aromatic carbocycles. The molecule has 11 heteroatoms. The molecule has 0 saturated carbocycles. The first-order valence-corrected chi connectivity index (χ1v) is 9.79. The highest BCUT2D eigenvalue weighted by Gasteiger charge is 2.34. The lowest BCUT2D eigenvalue weighted by atomic mass is 10.0. The number of hydrogen-bond donors (Lipinski definition) is 1. The number of ether oxygens (including phenoxy) is 1. The molecule has 1 aliphatic heterocycles. The van der Waals surface area contributed by atoms with E-state index in [4.69, 9.17) is 4.52 Å². The molecule has 1 aliphatic rings. The van der Waals surface area contributed by atoms with Crippen LogP contribution in [0, 0.1) is 0 Å². The second kappa shape index (κ2) is 8.08. The number of H-pyrrole nitrogens is 1. The monoisotopic (exact) mass is 442 g/mol. The molecule has 164 valence electrons. The van der Waals surface area contributed by atoms with Gasteiger partial charge in [-0.25, -0.2) is 4.98 Å². The van der Waals surface area contributed by atoms with Gasteiger partial charge in [0.1, 0.15) is 5.75 Å². The van der Waals surface area contributed by atoms with Gasteiger partial charge in [-0.05, 0) is 36.4 Å². The summed E-state index contributed by atoms with van der Waals surface area (Å²) in [5.41, 5.74) is 3.38. The number of aromatic nitrogens is 5. The van der Waals surface area contributed by atoms with Crippen LogP contribution < -0.4 is 4.74 Å². The summed E-state index contributed by atoms with van der Waals surface area (Å²) < 4.78 is 46.6. The van der Waals surface area contributed by atoms with Gasteiger partial charge in [-0.3, -0.25) is 9.88 Å². The average Bonchev–Trinajstić information content (AvgIpc) is 3.42. The van der Waals surface area contributed by atoms with E-state index in [9.17, 15) is 13.2 Å². The van der Waals surface area contributed by atoms with Crippen molar-refractivity contribution in [3.05, 3.63) is 78.0 Å². The van der Waals surface area contributed by atoms with Gasteiger partial charge in [0.05, 0.1) is 29.5 Å². The summed E-state index contributed by atoms with van der Waals surface area (Å²) in [6.07, 6.45) is -0.766. The van der Waals surface area contributed by atoms with E-state index in [0.29, 0.717) is 31.0 Å². The zero-order chi connectivity index (χ0) is 22.1. The van der Waals surface area contributed by atoms with E-state index in [1.807, 2.05) is 18.2 Å². The van der Waals surface area contributed by atoms with Crippen LogP contribution in [0.4, 0.5) is 13.2 Å². The lowest BCUT2D eigenvalue weighted by Crippen LogP contribution is -2.34. The minimum absolute atomic E-state index is 0.220. The Labute approximate surface area is 180 Å². The van der Waals surface area contributed by atoms with Gasteiger partial charge in [0.25, 0.3) is 0 Å². The van der Waals surface area contributed by atoms with Crippen molar-refractivity contribution in [3.63, 3.8) is 0 Å². The number of aromatic amines is 1. The molecule has 4 heterocycles. The van der Waals surface area contributed by atoms with Crippen molar-refractivity contribution >= 4 is 0 Å². The molecule has 1 N–H and O–H groups in total. The topological polar surface area (TPSA) is 93.0 Å². The quantitative estimate of drug-likeness (QED) is 0.498. The van der Waals surface area contributed by atoms with Gasteiger partial charge >= 0.3 is 6.36 Å². The van der Waals surface area contributed by atoms with Crippen molar-refractivity contribution in [3.8, 4) is 17.1 Å². The fourth-order valence-electron chi connectivity index (χ4n) is 3.69. The van der Waals surface area contributed by atoms with E-state index < -0.39 is 6.36 Å². The van der Waals surface area contributed by atoms with Crippen LogP contribution in [-0.4, -0.2) is 36.4 Å². The molecular weight excluding hydrogens is 425 g/mol. The molecule has 1 atom stereocenters. The number of benzene rings is 1. The third kappa shape index (κ3) is 4.33. The predicted octanol–water partition coefficient (Wildman–Crippen LogP) is 4.05. The largest absolute Gasteiger partial charge is 0.573 e. The Hall–Kier alpha value is -3.73. The number of nitrogens with zero attached hydrogens (tertiary/aromatic N) is 5. The third-order valence-corrected chi connectivity index (χ3v) is 5.16. The molecule has 0 bridgehead atoms. The number of halogens is 3. The predicted molar refractivity (Wildman–Crippen MR) is 105 cm³/mol. The smallest absolute Gasteiger partial charge is 0.406 e. The molecule has 0 fully saturated rings. The normalized spacial score (nSPS) is 16.7. The zero-order valence-electron chi connectivity index (χ0n) is 16.6. The van der Waals surface area contributed by atoms with E-state index in [2.05, 4.69) is 34.7 Å². The Kier molecular flexibility index (Phi) is 5.10. The number of rotatable bonds is 5. The molecule has 0 saturated heterocycles. The van der Waals surface area contributed by atoms with Crippen LogP contribution in [-0.2, 0) is 19.5 Å². The molecule has 5 rings (SSSR count). The van der Waals surface area contributed by atoms with Crippen molar-refractivity contribution < 1.29 is 22.4 Å². The second-order valence-corrected chi connectivity index (χ2v) is 7.30. The molecule has 3 aromatic heterocycles. The summed E-state index contributed by atoms with van der Waals surface area (Å²) in [5, 5.41) is 4.03. The van der Waals surface area contributed by atoms with Crippen LogP contribution in [0.1, 0.15) is 29.0 Å². The number of pyridine rings is 1. The Morgan fingerprint density at radius 2 is 1.97 bits per heavy atom. The van der Waals surface area contributed by atoms with Gasteiger partial charge < -0.3 is 14.2 Å². The number of imidazole rings is 1. The highest BCUT2D eigenvalue weighted by Crippen LogP contribution is 2.33. The summed E-state index contributed by atoms with van der Waals surface area (Å²) in [7, 11) is 0. The minimum atomic E-state index is -4.75. The number of fused-ring (bicyclic) bond motifs is 1. The molecule has 0 unspecified atom stereocenters. The lowest BCUT2D eigenvalue weighted by molar-refractivity contribution is -0.274. The highest BCUT2D eigenvalue weighted by atomic mass is 19.4. The molecule has 0 spiro atoms. The highest BCUT2D eigenvalue weighted by molar-refractivity contribution is 5.55. The fraction of sp³-hybridized carbons (Fsp3) is 0.238. The second-order valence-electron chi connectivity index (χ2n) is 7.30. The molecule has 0 aliphatic carbocycles. The third-order valence-electron chi connectivity index (χ3n) is 5.16. The Morgan fingerprint density at radius 1 is 1.12 bits per heavy atom. The fourth-order valence-corrected chi connectivity index (χ4v) is 3.69. The van der Waals surface area contributed by atoms with Crippen LogP contribution in [0.5, 0.6) is 5.75 Å². The van der Waals surface area contributed by atoms with Crippen molar-refractivity contribution in [1.29, 1.82) is 0 Å². The number of alkyl halides is 3. The standard InChI is InChI=1S/C21H17F3N6O2/c22-21(23,24)31-15-6-4-13(5-7-15)19-28-20(32-29-19)18-9-16-17(27-12-26-16)11-30(18)10-14-3-1-2-8-25-14/h1-8,12,18H,9-11H2,(H,26,27)/t18-/m0/s1. The van der Waals surface area contributed by atoms with E-state index in [1.165, 1.54) is 24.3 Å². The van der Waals surface area contributed by atoms with Gasteiger partial charge in [0, 0.05) is 31.3 Å². The van der Waals surface area contributed by atoms with Crippen LogP contribution in [0.3, 0.4) is 0 Å². The van der Waals surface area contributed by atoms with Gasteiger partial charge in [0.2, 0.25) is 11.7 Å². The van der Waals surface area contributed by atoms with Gasteiger partial charge in [-0.2, -0.15) is 4.98 Å². The van der Waals surface area contributed by atoms with Crippen molar-refractivity contribution in [2.45, 2.75) is 31.9 Å². The maximum atomic E-state index is 12.4. The van der Waals surface area contributed by atoms with Crippen LogP contribution in [0.15, 0.2) is 59.5 Å². The minimum Gasteiger partial charge on any atom is -0.406 e. The maximum absolute atomic E-state index is 12.4. The maximum Gasteiger partial charge on any atom is 0.573 e. The van der Waals surface area contributed by atoms with E-state index in [1.54, 1.807) is 12.5 Å². The molecule has 0 radical (unpaired) electrons. The van der Waals surface area contributed by atoms with Crippen LogP contribution in [0.25, 0.3) is 11.4 Å². The van der Waals surface area contributed by atoms with Gasteiger partial charge in [-0.15, -0.1) is 13.2 Å². The lowest BCUT2D eigenvalue weighted by Gasteiger charge is -2.32. The van der Waals surface area contributed by atoms with E-state index >= 15 is 0 Å². The molecular formula is C21H17F3N6O2. The first kappa shape index (κ1) is 20.2. The molecule has 8 nitrogen and oxygen atoms in total. The molecule has 0 amide bonds. The summed E-state index contributed by atoms with van der Waals surface area (Å²) in [5.74, 6) is 0.370. The Balaban J connectivity index is 1.39. The summed E-state index contributed by atoms with van der Waals surface area (Å²) in [6.45, 7) is 1.18. The number of hydrogen-bond acceptors (Lipinski definition) is 7. The van der Waals surface area contributed by atoms with Crippen molar-refractivity contribution in [1.82, 2.24) is 30.0 Å². The zero-order valence-corrected chi connectivity index (χ0v) is 16.6. The summed E-state index contributed by atoms with van der Waals surface area (Å²) in [4.78, 5) is 18.6. The summed E-state index contributed by atoms with van der Waals surface area (Å²) >= 11 is 0. The van der Waals surface area contributed by atoms with Crippen molar-refractivity contribution in [2.75, 3.05) is 0 Å². The average molecular weight is 442 g/mol. The molecule has 32 heavy (non-hydrogen) atoms. The number of nitrogens with one attached hydrogen (secondary N) is 1. The molecule has 4 aromatic rings. The first-order chi connectivity index (χ1) is 15.4. The van der Waals surface area contributed by atoms with Crippen LogP contribution >= 0.6 is 0 Å². The van der Waals surface area contributed by atoms with Crippen molar-refractivity contribution in [2.24, 2.45) is 0 Å². The van der Waals surface area contributed by atoms with E-state index in [-0.39, 0.29) is 17.6 Å². The Morgan fingerprint density at radius 3 is 2.72 bits per heavy atom. The Bertz CT molecular complexity index is 1190.